The van der Waals surface area contributed by atoms with Crippen molar-refractivity contribution in [1.82, 2.24) is 4.90 Å². The molecule has 3 aliphatic rings. The van der Waals surface area contributed by atoms with E-state index >= 15 is 4.79 Å². The molecule has 3 N–H and O–H groups in total. The number of phenols is 1. The van der Waals surface area contributed by atoms with Gasteiger partial charge in [-0.2, -0.15) is 5.26 Å². The number of nitrogens with zero attached hydrogens (tertiary/aromatic N) is 3. The number of unbranched alkanes of at least 4 members (excludes halogenated alkanes) is 2. The van der Waals surface area contributed by atoms with Gasteiger partial charge >= 0.3 is 0 Å². The maximum Gasteiger partial charge on any atom is 0.254 e. The Morgan fingerprint density at radius 3 is 2.45 bits per heavy atom. The first kappa shape index (κ1) is 42.6. The predicted octanol–water partition coefficient (Wildman–Crippen LogP) is 9.19. The minimum Gasteiger partial charge on any atom is -0.508 e. The molecule has 4 aromatic carbocycles. The predicted molar refractivity (Wildman–Crippen MR) is 232 cm³/mol. The van der Waals surface area contributed by atoms with Crippen LogP contribution in [0.25, 0.3) is 10.8 Å². The number of fused-ring (bicyclic) bond motifs is 3. The van der Waals surface area contributed by atoms with Gasteiger partial charge in [0.15, 0.2) is 0 Å². The summed E-state index contributed by atoms with van der Waals surface area (Å²) >= 11 is 0. The summed E-state index contributed by atoms with van der Waals surface area (Å²) in [6.07, 6.45) is 8.72. The molecule has 4 aromatic rings. The van der Waals surface area contributed by atoms with Gasteiger partial charge in [-0.15, -0.1) is 6.58 Å². The highest BCUT2D eigenvalue weighted by Gasteiger charge is 2.65. The van der Waals surface area contributed by atoms with Crippen molar-refractivity contribution in [1.29, 1.82) is 5.26 Å². The van der Waals surface area contributed by atoms with Crippen LogP contribution in [0.2, 0.25) is 0 Å². The topological polar surface area (TPSA) is 145 Å². The fraction of sp³-hybridized carbons (Fsp3) is 0.420. The van der Waals surface area contributed by atoms with Crippen LogP contribution in [0, 0.1) is 29.1 Å². The number of allylic oxidation sites excluding steroid dienone is 1. The zero-order chi connectivity index (χ0) is 42.4. The summed E-state index contributed by atoms with van der Waals surface area (Å²) in [5.41, 5.74) is 3.62. The van der Waals surface area contributed by atoms with Crippen LogP contribution < -0.4 is 4.74 Å². The summed E-state index contributed by atoms with van der Waals surface area (Å²) in [7, 11) is 0. The van der Waals surface area contributed by atoms with Crippen molar-refractivity contribution >= 4 is 22.4 Å². The van der Waals surface area contributed by atoms with Gasteiger partial charge in [0.25, 0.3) is 5.91 Å². The van der Waals surface area contributed by atoms with E-state index in [4.69, 9.17) is 19.5 Å². The number of ether oxygens (including phenoxy) is 2. The molecule has 1 amide bonds. The summed E-state index contributed by atoms with van der Waals surface area (Å²) in [6, 6.07) is 27.5. The summed E-state index contributed by atoms with van der Waals surface area (Å²) in [5, 5.41) is 47.5. The van der Waals surface area contributed by atoms with E-state index in [1.807, 2.05) is 49.9 Å². The van der Waals surface area contributed by atoms with Crippen molar-refractivity contribution in [3.05, 3.63) is 131 Å². The molecule has 0 bridgehead atoms. The molecule has 10 nitrogen and oxygen atoms in total. The second-order valence-electron chi connectivity index (χ2n) is 17.3. The fourth-order valence-electron chi connectivity index (χ4n) is 9.64. The normalized spacial score (nSPS) is 23.8. The number of hydrogen-bond donors (Lipinski definition) is 3. The Bertz CT molecular complexity index is 2270. The monoisotopic (exact) mass is 811 g/mol. The number of phenolic OH excluding ortho intramolecular Hbond substituents is 1. The molecule has 60 heavy (non-hydrogen) atoms. The molecule has 6 unspecified atom stereocenters. The first-order chi connectivity index (χ1) is 29.0. The second-order valence-corrected chi connectivity index (χ2v) is 17.3. The number of carbonyl (C=O) groups is 1. The minimum atomic E-state index is -1.48. The van der Waals surface area contributed by atoms with E-state index in [0.29, 0.717) is 35.4 Å². The van der Waals surface area contributed by atoms with Crippen molar-refractivity contribution < 1.29 is 34.4 Å². The van der Waals surface area contributed by atoms with E-state index in [9.17, 15) is 20.6 Å². The van der Waals surface area contributed by atoms with Gasteiger partial charge in [-0.05, 0) is 123 Å². The fourth-order valence-corrected chi connectivity index (χ4v) is 9.64. The third-order valence-corrected chi connectivity index (χ3v) is 12.2. The third kappa shape index (κ3) is 8.71. The smallest absolute Gasteiger partial charge is 0.254 e. The number of aliphatic hydroxyl groups excluding tert-OH is 2. The Morgan fingerprint density at radius 1 is 1.00 bits per heavy atom. The second kappa shape index (κ2) is 18.4. The zero-order valence-corrected chi connectivity index (χ0v) is 34.9. The van der Waals surface area contributed by atoms with Gasteiger partial charge in [0.05, 0.1) is 29.9 Å². The molecular formula is C50H57N3O7. The first-order valence-electron chi connectivity index (χ1n) is 21.2. The van der Waals surface area contributed by atoms with Crippen LogP contribution in [0.5, 0.6) is 11.5 Å². The molecule has 1 fully saturated rings. The average Bonchev–Trinajstić information content (AvgIpc) is 3.25. The molecule has 6 atom stereocenters. The van der Waals surface area contributed by atoms with Gasteiger partial charge in [-0.3, -0.25) is 4.79 Å². The number of oxime groups is 1. The molecule has 7 rings (SSSR count). The largest absolute Gasteiger partial charge is 0.508 e. The molecule has 1 saturated carbocycles. The van der Waals surface area contributed by atoms with Crippen LogP contribution in [0.1, 0.15) is 98.7 Å². The lowest BCUT2D eigenvalue weighted by molar-refractivity contribution is -0.255. The molecule has 2 aliphatic carbocycles. The van der Waals surface area contributed by atoms with Crippen LogP contribution in [0.3, 0.4) is 0 Å². The van der Waals surface area contributed by atoms with Crippen LogP contribution in [0.4, 0.5) is 0 Å². The van der Waals surface area contributed by atoms with Crippen molar-refractivity contribution in [2.45, 2.75) is 95.6 Å². The molecule has 0 spiro atoms. The lowest BCUT2D eigenvalue weighted by Gasteiger charge is -2.60. The van der Waals surface area contributed by atoms with Crippen LogP contribution in [-0.2, 0) is 16.1 Å². The van der Waals surface area contributed by atoms with E-state index in [2.05, 4.69) is 36.9 Å². The number of aromatic hydroxyl groups is 1. The van der Waals surface area contributed by atoms with Crippen molar-refractivity contribution in [2.24, 2.45) is 22.9 Å². The Balaban J connectivity index is 1.51. The molecule has 1 aliphatic heterocycles. The number of benzene rings is 4. The SMILES string of the molecule is C=CCOC12Oc3ccc(O)cc3C3C(CCCCO)C(CCCCO)C=C(C(=NOC(C)(C)C)CC1N(Cc1cccc4ccccc14)C(=O)c1ccc(C#N)cc1)C32. The van der Waals surface area contributed by atoms with Gasteiger partial charge in [-0.25, -0.2) is 0 Å². The van der Waals surface area contributed by atoms with Gasteiger partial charge in [0.2, 0.25) is 5.79 Å². The number of rotatable bonds is 16. The number of nitriles is 1. The van der Waals surface area contributed by atoms with E-state index in [1.165, 1.54) is 0 Å². The maximum atomic E-state index is 15.4. The van der Waals surface area contributed by atoms with Crippen molar-refractivity contribution in [2.75, 3.05) is 19.8 Å². The first-order valence-corrected chi connectivity index (χ1v) is 21.2. The Labute approximate surface area is 353 Å². The Morgan fingerprint density at radius 2 is 1.73 bits per heavy atom. The van der Waals surface area contributed by atoms with E-state index in [-0.39, 0.29) is 62.2 Å². The molecule has 0 saturated heterocycles. The Kier molecular flexibility index (Phi) is 13.1. The molecular weight excluding hydrogens is 755 g/mol. The average molecular weight is 812 g/mol. The lowest BCUT2D eigenvalue weighted by Crippen LogP contribution is -2.70. The lowest BCUT2D eigenvalue weighted by atomic mass is 9.55. The molecule has 0 radical (unpaired) electrons. The summed E-state index contributed by atoms with van der Waals surface area (Å²) in [5.74, 6) is -1.78. The van der Waals surface area contributed by atoms with Crippen LogP contribution in [-0.4, -0.2) is 69.1 Å². The number of aliphatic hydroxyl groups is 2. The standard InChI is InChI=1S/C50H57N3O7/c1-5-27-58-50-45(53(48(57)35-21-19-33(31-51)20-22-35)32-37-16-12-15-34-13-6-7-17-39(34)37)30-43(52-60-49(2,3)4)41-28-36(14-8-10-25-54)40(18-9-11-26-55)46(47(41)50)42-29-38(56)23-24-44(42)59-50/h5-7,12-13,15-17,19-24,28-29,36,40,45-47,54-56H,1,8-11,14,18,25-27,30,32H2,2-4H3. The number of hydrogen-bond acceptors (Lipinski definition) is 9. The third-order valence-electron chi connectivity index (χ3n) is 12.2. The number of carbonyl (C=O) groups excluding carboxylic acids is 1. The van der Waals surface area contributed by atoms with Crippen LogP contribution in [0.15, 0.2) is 114 Å². The Hall–Kier alpha value is -5.47. The molecule has 10 heteroatoms. The van der Waals surface area contributed by atoms with Gasteiger partial charge in [0.1, 0.15) is 23.1 Å². The highest BCUT2D eigenvalue weighted by molar-refractivity contribution is 6.03. The zero-order valence-electron chi connectivity index (χ0n) is 34.9. The van der Waals surface area contributed by atoms with Gasteiger partial charge < -0.3 is 34.5 Å². The van der Waals surface area contributed by atoms with Gasteiger partial charge in [0, 0.05) is 43.2 Å². The minimum absolute atomic E-state index is 0.0180. The quantitative estimate of drug-likeness (QED) is 0.0577. The van der Waals surface area contributed by atoms with Crippen LogP contribution >= 0.6 is 0 Å². The van der Waals surface area contributed by atoms with E-state index in [1.54, 1.807) is 48.5 Å². The maximum absolute atomic E-state index is 15.4. The van der Waals surface area contributed by atoms with E-state index in [0.717, 1.165) is 53.2 Å². The molecule has 314 valence electrons. The highest BCUT2D eigenvalue weighted by Crippen LogP contribution is 2.62. The molecule has 0 aromatic heterocycles. The highest BCUT2D eigenvalue weighted by atomic mass is 16.7. The van der Waals surface area contributed by atoms with E-state index < -0.39 is 23.3 Å². The summed E-state index contributed by atoms with van der Waals surface area (Å²) < 4.78 is 14.5. The summed E-state index contributed by atoms with van der Waals surface area (Å²) in [6.45, 7) is 10.4. The van der Waals surface area contributed by atoms with Crippen molar-refractivity contribution in [3.8, 4) is 17.6 Å². The summed E-state index contributed by atoms with van der Waals surface area (Å²) in [4.78, 5) is 23.5. The number of amides is 1. The van der Waals surface area contributed by atoms with Gasteiger partial charge in [-0.1, -0.05) is 72.6 Å². The van der Waals surface area contributed by atoms with Crippen molar-refractivity contribution in [3.63, 3.8) is 0 Å². The molecule has 1 heterocycles.